The van der Waals surface area contributed by atoms with Gasteiger partial charge < -0.3 is 0 Å². The van der Waals surface area contributed by atoms with Gasteiger partial charge in [0.05, 0.1) is 5.52 Å². The Balaban J connectivity index is 2.12. The van der Waals surface area contributed by atoms with Gasteiger partial charge in [-0.3, -0.25) is 4.79 Å². The number of pyridine rings is 1. The van der Waals surface area contributed by atoms with Crippen LogP contribution in [0.3, 0.4) is 0 Å². The van der Waals surface area contributed by atoms with Crippen LogP contribution in [0.1, 0.15) is 16.2 Å². The SMILES string of the molecule is Cn1nnc(Br)c1C(=O)c1ccc2ccccc2n1. The lowest BCUT2D eigenvalue weighted by atomic mass is 10.1. The zero-order valence-electron chi connectivity index (χ0n) is 10.0. The molecule has 0 unspecified atom stereocenters. The third-order valence-corrected chi connectivity index (χ3v) is 3.37. The van der Waals surface area contributed by atoms with E-state index in [1.54, 1.807) is 13.1 Å². The Hall–Kier alpha value is -2.08. The maximum Gasteiger partial charge on any atom is 0.232 e. The Kier molecular flexibility index (Phi) is 2.87. The van der Waals surface area contributed by atoms with Gasteiger partial charge >= 0.3 is 0 Å². The van der Waals surface area contributed by atoms with E-state index in [-0.39, 0.29) is 5.78 Å². The first kappa shape index (κ1) is 12.0. The number of carbonyl (C=O) groups is 1. The fourth-order valence-corrected chi connectivity index (χ4v) is 2.39. The predicted octanol–water partition coefficient (Wildman–Crippen LogP) is 2.36. The Morgan fingerprint density at radius 2 is 2.00 bits per heavy atom. The quantitative estimate of drug-likeness (QED) is 0.681. The molecule has 0 fully saturated rings. The van der Waals surface area contributed by atoms with Gasteiger partial charge in [0.25, 0.3) is 0 Å². The number of nitrogens with zero attached hydrogens (tertiary/aromatic N) is 4. The minimum absolute atomic E-state index is 0.204. The van der Waals surface area contributed by atoms with E-state index in [1.165, 1.54) is 4.68 Å². The molecule has 6 heteroatoms. The smallest absolute Gasteiger partial charge is 0.232 e. The topological polar surface area (TPSA) is 60.7 Å². The molecule has 0 aliphatic rings. The number of fused-ring (bicyclic) bond motifs is 1. The van der Waals surface area contributed by atoms with E-state index in [0.717, 1.165) is 10.9 Å². The molecule has 0 aliphatic heterocycles. The van der Waals surface area contributed by atoms with Gasteiger partial charge in [-0.1, -0.05) is 29.5 Å². The second-order valence-electron chi connectivity index (χ2n) is 4.07. The maximum absolute atomic E-state index is 12.4. The molecule has 0 N–H and O–H groups in total. The lowest BCUT2D eigenvalue weighted by Gasteiger charge is -2.02. The zero-order valence-corrected chi connectivity index (χ0v) is 11.6. The first-order chi connectivity index (χ1) is 9.16. The summed E-state index contributed by atoms with van der Waals surface area (Å²) in [6.07, 6.45) is 0. The van der Waals surface area contributed by atoms with Crippen LogP contribution in [-0.2, 0) is 7.05 Å². The van der Waals surface area contributed by atoms with Crippen molar-refractivity contribution in [1.82, 2.24) is 20.0 Å². The first-order valence-electron chi connectivity index (χ1n) is 5.62. The molecule has 0 saturated carbocycles. The molecule has 0 saturated heterocycles. The normalized spacial score (nSPS) is 10.8. The van der Waals surface area contributed by atoms with Crippen LogP contribution in [-0.4, -0.2) is 25.8 Å². The van der Waals surface area contributed by atoms with Gasteiger partial charge in [-0.2, -0.15) is 0 Å². The van der Waals surface area contributed by atoms with Crippen molar-refractivity contribution in [2.75, 3.05) is 0 Å². The van der Waals surface area contributed by atoms with Crippen LogP contribution in [0.5, 0.6) is 0 Å². The number of hydrogen-bond acceptors (Lipinski definition) is 4. The highest BCUT2D eigenvalue weighted by molar-refractivity contribution is 9.10. The summed E-state index contributed by atoms with van der Waals surface area (Å²) in [7, 11) is 1.67. The van der Waals surface area contributed by atoms with Gasteiger partial charge in [0.2, 0.25) is 5.78 Å². The summed E-state index contributed by atoms with van der Waals surface area (Å²) >= 11 is 3.22. The van der Waals surface area contributed by atoms with Crippen LogP contribution in [0.25, 0.3) is 10.9 Å². The fourth-order valence-electron chi connectivity index (χ4n) is 1.89. The van der Waals surface area contributed by atoms with Crippen molar-refractivity contribution >= 4 is 32.6 Å². The third-order valence-electron chi connectivity index (χ3n) is 2.83. The number of aromatic nitrogens is 4. The third kappa shape index (κ3) is 2.04. The van der Waals surface area contributed by atoms with Crippen LogP contribution >= 0.6 is 15.9 Å². The maximum atomic E-state index is 12.4. The van der Waals surface area contributed by atoms with E-state index in [0.29, 0.717) is 16.0 Å². The molecule has 0 spiro atoms. The second-order valence-corrected chi connectivity index (χ2v) is 4.82. The lowest BCUT2D eigenvalue weighted by Crippen LogP contribution is -2.10. The van der Waals surface area contributed by atoms with Crippen LogP contribution in [0.2, 0.25) is 0 Å². The highest BCUT2D eigenvalue weighted by Gasteiger charge is 2.19. The number of para-hydroxylation sites is 1. The molecule has 2 heterocycles. The highest BCUT2D eigenvalue weighted by Crippen LogP contribution is 2.18. The monoisotopic (exact) mass is 316 g/mol. The Morgan fingerprint density at radius 3 is 2.74 bits per heavy atom. The molecule has 5 nitrogen and oxygen atoms in total. The summed E-state index contributed by atoms with van der Waals surface area (Å²) in [5.41, 5.74) is 1.56. The number of hydrogen-bond donors (Lipinski definition) is 0. The Bertz CT molecular complexity index is 762. The molecule has 0 aliphatic carbocycles. The van der Waals surface area contributed by atoms with Gasteiger partial charge in [0, 0.05) is 12.4 Å². The van der Waals surface area contributed by atoms with Gasteiger partial charge in [-0.25, -0.2) is 9.67 Å². The second kappa shape index (κ2) is 4.55. The van der Waals surface area contributed by atoms with Crippen molar-refractivity contribution in [3.05, 3.63) is 52.4 Å². The fraction of sp³-hybridized carbons (Fsp3) is 0.0769. The molecular weight excluding hydrogens is 308 g/mol. The Labute approximate surface area is 117 Å². The standard InChI is InChI=1S/C13H9BrN4O/c1-18-11(13(14)16-17-18)12(19)10-7-6-8-4-2-3-5-9(8)15-10/h2-7H,1H3. The van der Waals surface area contributed by atoms with E-state index < -0.39 is 0 Å². The molecule has 0 radical (unpaired) electrons. The van der Waals surface area contributed by atoms with Crippen LogP contribution in [0.15, 0.2) is 41.0 Å². The highest BCUT2D eigenvalue weighted by atomic mass is 79.9. The molecule has 0 bridgehead atoms. The summed E-state index contributed by atoms with van der Waals surface area (Å²) < 4.78 is 1.86. The number of halogens is 1. The summed E-state index contributed by atoms with van der Waals surface area (Å²) in [6, 6.07) is 11.3. The minimum atomic E-state index is -0.204. The summed E-state index contributed by atoms with van der Waals surface area (Å²) in [6.45, 7) is 0. The average Bonchev–Trinajstić information content (AvgIpc) is 2.77. The van der Waals surface area contributed by atoms with Crippen molar-refractivity contribution in [3.63, 3.8) is 0 Å². The molecule has 3 rings (SSSR count). The van der Waals surface area contributed by atoms with Gasteiger partial charge in [-0.05, 0) is 28.1 Å². The Morgan fingerprint density at radius 1 is 1.21 bits per heavy atom. The van der Waals surface area contributed by atoms with E-state index >= 15 is 0 Å². The van der Waals surface area contributed by atoms with E-state index in [2.05, 4.69) is 31.2 Å². The molecule has 94 valence electrons. The molecular formula is C13H9BrN4O. The molecule has 0 atom stereocenters. The molecule has 1 aromatic carbocycles. The van der Waals surface area contributed by atoms with Crippen molar-refractivity contribution in [3.8, 4) is 0 Å². The van der Waals surface area contributed by atoms with Crippen LogP contribution < -0.4 is 0 Å². The number of ketones is 1. The van der Waals surface area contributed by atoms with Crippen molar-refractivity contribution in [1.29, 1.82) is 0 Å². The first-order valence-corrected chi connectivity index (χ1v) is 6.42. The summed E-state index contributed by atoms with van der Waals surface area (Å²) in [5.74, 6) is -0.204. The summed E-state index contributed by atoms with van der Waals surface area (Å²) in [5, 5.41) is 8.60. The van der Waals surface area contributed by atoms with Crippen LogP contribution in [0.4, 0.5) is 0 Å². The number of aryl methyl sites for hydroxylation is 1. The molecule has 0 amide bonds. The van der Waals surface area contributed by atoms with Crippen molar-refractivity contribution in [2.45, 2.75) is 0 Å². The number of benzene rings is 1. The minimum Gasteiger partial charge on any atom is -0.285 e. The van der Waals surface area contributed by atoms with E-state index in [9.17, 15) is 4.79 Å². The lowest BCUT2D eigenvalue weighted by molar-refractivity contribution is 0.102. The molecule has 2 aromatic heterocycles. The zero-order chi connectivity index (χ0) is 13.4. The van der Waals surface area contributed by atoms with Gasteiger partial charge in [0.15, 0.2) is 4.60 Å². The van der Waals surface area contributed by atoms with Gasteiger partial charge in [-0.15, -0.1) is 5.10 Å². The number of rotatable bonds is 2. The van der Waals surface area contributed by atoms with E-state index in [1.807, 2.05) is 30.3 Å². The van der Waals surface area contributed by atoms with Gasteiger partial charge in [0.1, 0.15) is 11.4 Å². The molecule has 19 heavy (non-hydrogen) atoms. The van der Waals surface area contributed by atoms with Crippen molar-refractivity contribution in [2.24, 2.45) is 7.05 Å². The van der Waals surface area contributed by atoms with Crippen molar-refractivity contribution < 1.29 is 4.79 Å². The predicted molar refractivity (Wildman–Crippen MR) is 73.9 cm³/mol. The van der Waals surface area contributed by atoms with Crippen LogP contribution in [0, 0.1) is 0 Å². The number of carbonyl (C=O) groups excluding carboxylic acids is 1. The largest absolute Gasteiger partial charge is 0.285 e. The molecule has 3 aromatic rings. The summed E-state index contributed by atoms with van der Waals surface area (Å²) in [4.78, 5) is 16.8. The van der Waals surface area contributed by atoms with E-state index in [4.69, 9.17) is 0 Å². The average molecular weight is 317 g/mol.